The normalized spacial score (nSPS) is 45.1. The lowest BCUT2D eigenvalue weighted by Crippen LogP contribution is -2.59. The molecule has 0 aromatic rings. The largest absolute Gasteiger partial charge is 0.462 e. The molecule has 8 nitrogen and oxygen atoms in total. The van der Waals surface area contributed by atoms with Crippen LogP contribution in [0.5, 0.6) is 0 Å². The van der Waals surface area contributed by atoms with E-state index >= 15 is 0 Å². The molecule has 4 heterocycles. The number of Topliss-reactive ketones (excluding diaryl/α,β-unsaturated/α-hetero) is 1. The van der Waals surface area contributed by atoms with Crippen LogP contribution in [0, 0.1) is 23.7 Å². The van der Waals surface area contributed by atoms with Crippen LogP contribution >= 0.6 is 0 Å². The summed E-state index contributed by atoms with van der Waals surface area (Å²) in [4.78, 5) is 27.5. The van der Waals surface area contributed by atoms with Crippen LogP contribution in [0.1, 0.15) is 80.6 Å². The fraction of sp³-hybridized carbons (Fsp3) is 0.667. The summed E-state index contributed by atoms with van der Waals surface area (Å²) in [5, 5.41) is 23.0. The number of hydrogen-bond donors (Lipinski definition) is 2. The number of aliphatic hydroxyl groups is 2. The highest BCUT2D eigenvalue weighted by Gasteiger charge is 2.60. The molecule has 0 radical (unpaired) electrons. The Morgan fingerprint density at radius 2 is 1.89 bits per heavy atom. The molecule has 3 saturated heterocycles. The lowest BCUT2D eigenvalue weighted by atomic mass is 9.71. The average Bonchev–Trinajstić information content (AvgIpc) is 3.27. The molecule has 3 fully saturated rings. The minimum absolute atomic E-state index is 0.0628. The molecule has 1 spiro atoms. The van der Waals surface area contributed by atoms with Crippen molar-refractivity contribution < 1.29 is 38.7 Å². The van der Waals surface area contributed by atoms with E-state index in [1.54, 1.807) is 19.1 Å². The van der Waals surface area contributed by atoms with Crippen LogP contribution in [0.2, 0.25) is 0 Å². The standard InChI is InChI=1S/C36H50O8/c1-20(2)13-24(6)32-25(7)30(37)18-35(44-32)17-28-16-27(43-35)12-11-22(4)14-21(3)9-8-10-26-19-41-33-31(38)23(5)15-29(34(39)42-28)36(26,33)40/h8-11,13,15,20-21,25,27-29,31-33,38,40H,12,14,16-19H2,1-7H3/b9-8-,22-11-,24-13+,26-10-. The van der Waals surface area contributed by atoms with E-state index in [1.165, 1.54) is 5.57 Å². The Balaban J connectivity index is 1.53. The van der Waals surface area contributed by atoms with Gasteiger partial charge in [-0.15, -0.1) is 0 Å². The van der Waals surface area contributed by atoms with E-state index in [0.717, 1.165) is 12.0 Å². The fourth-order valence-electron chi connectivity index (χ4n) is 7.69. The maximum Gasteiger partial charge on any atom is 0.316 e. The molecule has 8 heteroatoms. The van der Waals surface area contributed by atoms with E-state index in [9.17, 15) is 19.8 Å². The zero-order valence-corrected chi connectivity index (χ0v) is 27.2. The smallest absolute Gasteiger partial charge is 0.316 e. The van der Waals surface area contributed by atoms with Gasteiger partial charge in [0.2, 0.25) is 0 Å². The van der Waals surface area contributed by atoms with Gasteiger partial charge in [-0.25, -0.2) is 0 Å². The molecule has 2 bridgehead atoms. The van der Waals surface area contributed by atoms with Crippen molar-refractivity contribution in [2.24, 2.45) is 23.7 Å². The molecule has 10 atom stereocenters. The topological polar surface area (TPSA) is 112 Å². The molecule has 5 aliphatic rings. The summed E-state index contributed by atoms with van der Waals surface area (Å²) in [6.45, 7) is 14.1. The Hall–Kier alpha value is -2.36. The molecule has 0 amide bonds. The quantitative estimate of drug-likeness (QED) is 0.320. The highest BCUT2D eigenvalue weighted by atomic mass is 16.7. The van der Waals surface area contributed by atoms with Gasteiger partial charge in [0.1, 0.15) is 35.6 Å². The van der Waals surface area contributed by atoms with Crippen LogP contribution in [0.3, 0.4) is 0 Å². The number of aliphatic hydroxyl groups excluding tert-OH is 1. The predicted molar refractivity (Wildman–Crippen MR) is 166 cm³/mol. The Kier molecular flexibility index (Phi) is 9.60. The minimum Gasteiger partial charge on any atom is -0.462 e. The van der Waals surface area contributed by atoms with Crippen LogP contribution < -0.4 is 0 Å². The molecule has 1 aliphatic carbocycles. The van der Waals surface area contributed by atoms with E-state index in [-0.39, 0.29) is 43.2 Å². The maximum atomic E-state index is 14.0. The van der Waals surface area contributed by atoms with E-state index in [0.29, 0.717) is 29.9 Å². The number of allylic oxidation sites excluding steroid dienone is 5. The van der Waals surface area contributed by atoms with Gasteiger partial charge in [0, 0.05) is 18.8 Å². The van der Waals surface area contributed by atoms with Gasteiger partial charge < -0.3 is 29.2 Å². The zero-order valence-electron chi connectivity index (χ0n) is 27.2. The van der Waals surface area contributed by atoms with Gasteiger partial charge in [0.05, 0.1) is 25.2 Å². The Morgan fingerprint density at radius 3 is 2.61 bits per heavy atom. The lowest BCUT2D eigenvalue weighted by molar-refractivity contribution is -0.319. The summed E-state index contributed by atoms with van der Waals surface area (Å²) in [6, 6.07) is 0. The number of ether oxygens (including phenoxy) is 4. The van der Waals surface area contributed by atoms with Gasteiger partial charge in [-0.2, -0.15) is 0 Å². The second-order valence-corrected chi connectivity index (χ2v) is 14.2. The molecule has 0 saturated carbocycles. The number of rotatable bonds is 2. The van der Waals surface area contributed by atoms with Crippen molar-refractivity contribution in [2.45, 2.75) is 122 Å². The van der Waals surface area contributed by atoms with E-state index in [2.05, 4.69) is 45.9 Å². The van der Waals surface area contributed by atoms with E-state index in [1.807, 2.05) is 19.9 Å². The first kappa shape index (κ1) is 33.0. The van der Waals surface area contributed by atoms with Crippen LogP contribution in [0.25, 0.3) is 0 Å². The number of carbonyl (C=O) groups excluding carboxylic acids is 2. The van der Waals surface area contributed by atoms with Gasteiger partial charge in [-0.05, 0) is 62.2 Å². The Bertz CT molecular complexity index is 1290. The lowest BCUT2D eigenvalue weighted by Gasteiger charge is -2.49. The third-order valence-electron chi connectivity index (χ3n) is 9.91. The molecule has 0 aromatic carbocycles. The SMILES string of the molecule is CC1=CC2C(=O)OC3CC(C/C=C(/C)CC(C)/C=C\C=C4\COC(C1O)C42O)OC1(CC(=O)C(C)C(/C(C)=C/C(C)C)O1)C3. The third-order valence-corrected chi connectivity index (χ3v) is 9.91. The van der Waals surface area contributed by atoms with Crippen molar-refractivity contribution >= 4 is 11.8 Å². The van der Waals surface area contributed by atoms with E-state index < -0.39 is 47.7 Å². The van der Waals surface area contributed by atoms with Crippen LogP contribution in [-0.2, 0) is 28.5 Å². The number of hydrogen-bond acceptors (Lipinski definition) is 8. The predicted octanol–water partition coefficient (Wildman–Crippen LogP) is 5.30. The second-order valence-electron chi connectivity index (χ2n) is 14.2. The van der Waals surface area contributed by atoms with Crippen molar-refractivity contribution in [2.75, 3.05) is 6.61 Å². The highest BCUT2D eigenvalue weighted by molar-refractivity contribution is 5.83. The van der Waals surface area contributed by atoms with Gasteiger partial charge in [0.25, 0.3) is 0 Å². The summed E-state index contributed by atoms with van der Waals surface area (Å²) >= 11 is 0. The third kappa shape index (κ3) is 6.47. The number of fused-ring (bicyclic) bond motifs is 2. The van der Waals surface area contributed by atoms with Crippen molar-refractivity contribution in [3.63, 3.8) is 0 Å². The molecule has 4 aliphatic heterocycles. The van der Waals surface area contributed by atoms with Gasteiger partial charge in [0.15, 0.2) is 5.79 Å². The van der Waals surface area contributed by atoms with Crippen molar-refractivity contribution in [1.82, 2.24) is 0 Å². The minimum atomic E-state index is -1.75. The second kappa shape index (κ2) is 12.8. The first-order valence-corrected chi connectivity index (χ1v) is 16.2. The highest BCUT2D eigenvalue weighted by Crippen LogP contribution is 2.47. The summed E-state index contributed by atoms with van der Waals surface area (Å²) in [5.41, 5.74) is 1.52. The monoisotopic (exact) mass is 610 g/mol. The Labute approximate surface area is 261 Å². The molecule has 10 unspecified atom stereocenters. The van der Waals surface area contributed by atoms with Crippen molar-refractivity contribution in [3.8, 4) is 0 Å². The molecular formula is C36H50O8. The number of carbonyl (C=O) groups is 2. The van der Waals surface area contributed by atoms with Crippen LogP contribution in [0.4, 0.5) is 0 Å². The van der Waals surface area contributed by atoms with Crippen molar-refractivity contribution in [1.29, 1.82) is 0 Å². The average molecular weight is 611 g/mol. The van der Waals surface area contributed by atoms with Gasteiger partial charge >= 0.3 is 5.97 Å². The molecule has 2 N–H and O–H groups in total. The number of ketones is 1. The molecule has 5 rings (SSSR count). The molecular weight excluding hydrogens is 560 g/mol. The van der Waals surface area contributed by atoms with E-state index in [4.69, 9.17) is 18.9 Å². The van der Waals surface area contributed by atoms with Crippen LogP contribution in [0.15, 0.2) is 58.7 Å². The summed E-state index contributed by atoms with van der Waals surface area (Å²) in [6.07, 6.45) is 10.4. The van der Waals surface area contributed by atoms with Crippen LogP contribution in [-0.4, -0.2) is 70.5 Å². The molecule has 0 aromatic heterocycles. The summed E-state index contributed by atoms with van der Waals surface area (Å²) < 4.78 is 25.5. The molecule has 44 heavy (non-hydrogen) atoms. The summed E-state index contributed by atoms with van der Waals surface area (Å²) in [7, 11) is 0. The summed E-state index contributed by atoms with van der Waals surface area (Å²) in [5.74, 6) is -2.63. The van der Waals surface area contributed by atoms with Gasteiger partial charge in [-0.1, -0.05) is 69.7 Å². The fourth-order valence-corrected chi connectivity index (χ4v) is 7.69. The first-order chi connectivity index (χ1) is 20.7. The van der Waals surface area contributed by atoms with Crippen molar-refractivity contribution in [3.05, 3.63) is 58.7 Å². The number of esters is 1. The Morgan fingerprint density at radius 1 is 1.14 bits per heavy atom. The molecule has 242 valence electrons. The zero-order chi connectivity index (χ0) is 32.0. The first-order valence-electron chi connectivity index (χ1n) is 16.2. The maximum absolute atomic E-state index is 14.0. The van der Waals surface area contributed by atoms with Gasteiger partial charge in [-0.3, -0.25) is 9.59 Å².